The number of aromatic nitrogens is 2. The molecule has 0 aromatic carbocycles. The number of nitrogens with zero attached hydrogens (tertiary/aromatic N) is 2. The standard InChI is InChI=1S/C13H19N3O3/c1-8-5-16(6-9(2)19-8)13(17)12-10-7-18-4-3-11(10)14-15-12/h8-9H,3-7H2,1-2H3,(H,14,15). The van der Waals surface area contributed by atoms with Crippen molar-refractivity contribution in [3.63, 3.8) is 0 Å². The SMILES string of the molecule is CC1CN(C(=O)c2n[nH]c3c2COCC3)CC(C)O1. The Balaban J connectivity index is 1.82. The zero-order valence-electron chi connectivity index (χ0n) is 11.3. The molecule has 0 aliphatic carbocycles. The fraction of sp³-hybridized carbons (Fsp3) is 0.692. The maximum Gasteiger partial charge on any atom is 0.274 e. The maximum absolute atomic E-state index is 12.6. The zero-order valence-corrected chi connectivity index (χ0v) is 11.3. The van der Waals surface area contributed by atoms with E-state index in [1.165, 1.54) is 0 Å². The smallest absolute Gasteiger partial charge is 0.274 e. The van der Waals surface area contributed by atoms with Crippen LogP contribution in [0.4, 0.5) is 0 Å². The van der Waals surface area contributed by atoms with Gasteiger partial charge in [0, 0.05) is 30.8 Å². The van der Waals surface area contributed by atoms with Crippen LogP contribution in [0.5, 0.6) is 0 Å². The van der Waals surface area contributed by atoms with Crippen LogP contribution in [0.2, 0.25) is 0 Å². The number of fused-ring (bicyclic) bond motifs is 1. The van der Waals surface area contributed by atoms with E-state index in [4.69, 9.17) is 9.47 Å². The Bertz CT molecular complexity index is 475. The molecular formula is C13H19N3O3. The molecule has 1 saturated heterocycles. The lowest BCUT2D eigenvalue weighted by atomic mass is 10.1. The molecule has 19 heavy (non-hydrogen) atoms. The summed E-state index contributed by atoms with van der Waals surface area (Å²) in [5, 5.41) is 7.15. The molecular weight excluding hydrogens is 246 g/mol. The molecule has 6 nitrogen and oxygen atoms in total. The van der Waals surface area contributed by atoms with Crippen LogP contribution in [0, 0.1) is 0 Å². The Morgan fingerprint density at radius 2 is 2.11 bits per heavy atom. The first-order valence-electron chi connectivity index (χ1n) is 6.73. The zero-order chi connectivity index (χ0) is 13.4. The van der Waals surface area contributed by atoms with Crippen LogP contribution in [-0.4, -0.2) is 52.9 Å². The van der Waals surface area contributed by atoms with Gasteiger partial charge in [-0.1, -0.05) is 0 Å². The lowest BCUT2D eigenvalue weighted by Gasteiger charge is -2.35. The summed E-state index contributed by atoms with van der Waals surface area (Å²) in [5.41, 5.74) is 2.46. The maximum atomic E-state index is 12.6. The van der Waals surface area contributed by atoms with Gasteiger partial charge in [-0.3, -0.25) is 9.89 Å². The summed E-state index contributed by atoms with van der Waals surface area (Å²) in [4.78, 5) is 14.4. The number of H-pyrrole nitrogens is 1. The molecule has 3 rings (SSSR count). The molecule has 1 N–H and O–H groups in total. The highest BCUT2D eigenvalue weighted by atomic mass is 16.5. The van der Waals surface area contributed by atoms with Gasteiger partial charge in [0.25, 0.3) is 5.91 Å². The van der Waals surface area contributed by atoms with Crippen LogP contribution in [-0.2, 0) is 22.5 Å². The van der Waals surface area contributed by atoms with Gasteiger partial charge in [-0.05, 0) is 13.8 Å². The summed E-state index contributed by atoms with van der Waals surface area (Å²) in [6.07, 6.45) is 0.934. The fourth-order valence-electron chi connectivity index (χ4n) is 2.78. The Labute approximate surface area is 112 Å². The van der Waals surface area contributed by atoms with Crippen molar-refractivity contribution in [3.05, 3.63) is 17.0 Å². The van der Waals surface area contributed by atoms with Gasteiger partial charge in [-0.25, -0.2) is 0 Å². The number of amides is 1. The summed E-state index contributed by atoms with van der Waals surface area (Å²) < 4.78 is 11.1. The van der Waals surface area contributed by atoms with Gasteiger partial charge in [-0.15, -0.1) is 0 Å². The molecule has 0 bridgehead atoms. The van der Waals surface area contributed by atoms with Crippen molar-refractivity contribution in [1.29, 1.82) is 0 Å². The highest BCUT2D eigenvalue weighted by molar-refractivity contribution is 5.94. The average molecular weight is 265 g/mol. The summed E-state index contributed by atoms with van der Waals surface area (Å²) in [5.74, 6) is -0.0231. The van der Waals surface area contributed by atoms with Crippen LogP contribution in [0.1, 0.15) is 35.6 Å². The van der Waals surface area contributed by atoms with E-state index in [0.29, 0.717) is 32.0 Å². The quantitative estimate of drug-likeness (QED) is 0.813. The summed E-state index contributed by atoms with van der Waals surface area (Å²) in [6.45, 7) is 6.37. The highest BCUT2D eigenvalue weighted by Gasteiger charge is 2.30. The second-order valence-electron chi connectivity index (χ2n) is 5.30. The van der Waals surface area contributed by atoms with Crippen molar-refractivity contribution < 1.29 is 14.3 Å². The number of hydrogen-bond donors (Lipinski definition) is 1. The van der Waals surface area contributed by atoms with E-state index in [1.54, 1.807) is 0 Å². The second kappa shape index (κ2) is 4.94. The third-order valence-electron chi connectivity index (χ3n) is 3.60. The van der Waals surface area contributed by atoms with E-state index in [-0.39, 0.29) is 18.1 Å². The first-order valence-corrected chi connectivity index (χ1v) is 6.73. The molecule has 6 heteroatoms. The molecule has 2 atom stereocenters. The predicted molar refractivity (Wildman–Crippen MR) is 67.9 cm³/mol. The number of carbonyl (C=O) groups excluding carboxylic acids is 1. The van der Waals surface area contributed by atoms with E-state index >= 15 is 0 Å². The Hall–Kier alpha value is -1.40. The minimum Gasteiger partial charge on any atom is -0.376 e. The van der Waals surface area contributed by atoms with Gasteiger partial charge in [0.1, 0.15) is 0 Å². The highest BCUT2D eigenvalue weighted by Crippen LogP contribution is 2.21. The number of hydrogen-bond acceptors (Lipinski definition) is 4. The monoisotopic (exact) mass is 265 g/mol. The third kappa shape index (κ3) is 2.37. The molecule has 1 aromatic heterocycles. The van der Waals surface area contributed by atoms with Crippen LogP contribution >= 0.6 is 0 Å². The molecule has 0 radical (unpaired) electrons. The third-order valence-corrected chi connectivity index (χ3v) is 3.60. The summed E-state index contributed by atoms with van der Waals surface area (Å²) >= 11 is 0. The van der Waals surface area contributed by atoms with Crippen molar-refractivity contribution in [2.45, 2.75) is 39.1 Å². The van der Waals surface area contributed by atoms with Crippen LogP contribution in [0.3, 0.4) is 0 Å². The second-order valence-corrected chi connectivity index (χ2v) is 5.30. The lowest BCUT2D eigenvalue weighted by Crippen LogP contribution is -2.48. The van der Waals surface area contributed by atoms with Crippen LogP contribution in [0.15, 0.2) is 0 Å². The van der Waals surface area contributed by atoms with Gasteiger partial charge in [0.05, 0.1) is 25.4 Å². The molecule has 0 saturated carbocycles. The number of nitrogens with one attached hydrogen (secondary N) is 1. The van der Waals surface area contributed by atoms with Crippen molar-refractivity contribution in [1.82, 2.24) is 15.1 Å². The van der Waals surface area contributed by atoms with Gasteiger partial charge < -0.3 is 14.4 Å². The molecule has 1 fully saturated rings. The lowest BCUT2D eigenvalue weighted by molar-refractivity contribution is -0.0588. The largest absolute Gasteiger partial charge is 0.376 e. The molecule has 0 spiro atoms. The normalized spacial score (nSPS) is 27.2. The van der Waals surface area contributed by atoms with Crippen LogP contribution in [0.25, 0.3) is 0 Å². The van der Waals surface area contributed by atoms with Gasteiger partial charge >= 0.3 is 0 Å². The number of rotatable bonds is 1. The number of aromatic amines is 1. The van der Waals surface area contributed by atoms with Crippen molar-refractivity contribution in [3.8, 4) is 0 Å². The van der Waals surface area contributed by atoms with E-state index in [2.05, 4.69) is 10.2 Å². The molecule has 1 aromatic rings. The van der Waals surface area contributed by atoms with Crippen molar-refractivity contribution in [2.24, 2.45) is 0 Å². The summed E-state index contributed by atoms with van der Waals surface area (Å²) in [7, 11) is 0. The van der Waals surface area contributed by atoms with E-state index in [0.717, 1.165) is 17.7 Å². The molecule has 104 valence electrons. The molecule has 1 amide bonds. The Kier molecular flexibility index (Phi) is 3.28. The number of morpholine rings is 1. The summed E-state index contributed by atoms with van der Waals surface area (Å²) in [6, 6.07) is 0. The topological polar surface area (TPSA) is 67.5 Å². The van der Waals surface area contributed by atoms with Gasteiger partial charge in [0.15, 0.2) is 5.69 Å². The van der Waals surface area contributed by atoms with Gasteiger partial charge in [0.2, 0.25) is 0 Å². The van der Waals surface area contributed by atoms with Gasteiger partial charge in [-0.2, -0.15) is 5.10 Å². The van der Waals surface area contributed by atoms with E-state index in [9.17, 15) is 4.79 Å². The Morgan fingerprint density at radius 3 is 2.84 bits per heavy atom. The fourth-order valence-corrected chi connectivity index (χ4v) is 2.78. The van der Waals surface area contributed by atoms with E-state index in [1.807, 2.05) is 18.7 Å². The molecule has 2 aliphatic heterocycles. The minimum atomic E-state index is -0.0231. The first-order chi connectivity index (χ1) is 9.15. The Morgan fingerprint density at radius 1 is 1.37 bits per heavy atom. The number of carbonyl (C=O) groups is 1. The average Bonchev–Trinajstić information content (AvgIpc) is 2.80. The van der Waals surface area contributed by atoms with Crippen molar-refractivity contribution in [2.75, 3.05) is 19.7 Å². The number of ether oxygens (including phenoxy) is 2. The van der Waals surface area contributed by atoms with Crippen LogP contribution < -0.4 is 0 Å². The molecule has 3 heterocycles. The molecule has 2 aliphatic rings. The first kappa shape index (κ1) is 12.6. The molecule has 2 unspecified atom stereocenters. The predicted octanol–water partition coefficient (Wildman–Crippen LogP) is 0.732. The van der Waals surface area contributed by atoms with Crippen molar-refractivity contribution >= 4 is 5.91 Å². The van der Waals surface area contributed by atoms with E-state index < -0.39 is 0 Å². The minimum absolute atomic E-state index is 0.0231.